The average molecular weight is 346 g/mol. The summed E-state index contributed by atoms with van der Waals surface area (Å²) < 4.78 is 10.5. The maximum atomic E-state index is 12.1. The molecule has 2 aromatic rings. The number of ether oxygens (including phenoxy) is 2. The van der Waals surface area contributed by atoms with Crippen LogP contribution in [-0.4, -0.2) is 32.3 Å². The van der Waals surface area contributed by atoms with Gasteiger partial charge in [0.25, 0.3) is 0 Å². The summed E-state index contributed by atoms with van der Waals surface area (Å²) in [6.07, 6.45) is 2.03. The lowest BCUT2D eigenvalue weighted by Crippen LogP contribution is -2.08. The van der Waals surface area contributed by atoms with Crippen molar-refractivity contribution in [2.45, 2.75) is 19.4 Å². The standard InChI is InChI=1S/C19H20ClNO3/c1-13(10-14-8-9-18(23-2)19(11-14)24-3)21-12-17(22)15-6-4-5-7-16(15)20/h4-9,11-13H,10H2,1-3H3/b21-12-. The minimum atomic E-state index is -0.195. The first-order valence-corrected chi connectivity index (χ1v) is 7.96. The van der Waals surface area contributed by atoms with Gasteiger partial charge in [-0.15, -0.1) is 0 Å². The number of hydrogen-bond donors (Lipinski definition) is 0. The maximum Gasteiger partial charge on any atom is 0.205 e. The Morgan fingerprint density at radius 2 is 1.88 bits per heavy atom. The molecule has 24 heavy (non-hydrogen) atoms. The number of nitrogens with zero attached hydrogens (tertiary/aromatic N) is 1. The number of halogens is 1. The van der Waals surface area contributed by atoms with Crippen LogP contribution >= 0.6 is 11.6 Å². The quantitative estimate of drug-likeness (QED) is 0.557. The van der Waals surface area contributed by atoms with Crippen LogP contribution in [0, 0.1) is 0 Å². The number of rotatable bonds is 7. The summed E-state index contributed by atoms with van der Waals surface area (Å²) in [4.78, 5) is 16.5. The number of carbonyl (C=O) groups excluding carboxylic acids is 1. The zero-order valence-corrected chi connectivity index (χ0v) is 14.7. The van der Waals surface area contributed by atoms with E-state index in [-0.39, 0.29) is 11.8 Å². The molecule has 0 N–H and O–H groups in total. The highest BCUT2D eigenvalue weighted by Crippen LogP contribution is 2.28. The Bertz CT molecular complexity index is 743. The summed E-state index contributed by atoms with van der Waals surface area (Å²) in [6, 6.07) is 12.6. The lowest BCUT2D eigenvalue weighted by Gasteiger charge is -2.11. The molecule has 4 nitrogen and oxygen atoms in total. The van der Waals surface area contributed by atoms with E-state index < -0.39 is 0 Å². The third-order valence-corrected chi connectivity index (χ3v) is 3.89. The molecule has 1 unspecified atom stereocenters. The summed E-state index contributed by atoms with van der Waals surface area (Å²) in [7, 11) is 3.20. The number of methoxy groups -OCH3 is 2. The van der Waals surface area contributed by atoms with Crippen LogP contribution in [0.25, 0.3) is 0 Å². The summed E-state index contributed by atoms with van der Waals surface area (Å²) in [6.45, 7) is 1.95. The van der Waals surface area contributed by atoms with Crippen LogP contribution in [0.3, 0.4) is 0 Å². The van der Waals surface area contributed by atoms with E-state index in [4.69, 9.17) is 21.1 Å². The van der Waals surface area contributed by atoms with E-state index in [0.717, 1.165) is 5.56 Å². The molecule has 2 rings (SSSR count). The van der Waals surface area contributed by atoms with Gasteiger partial charge in [-0.05, 0) is 43.2 Å². The molecule has 0 bridgehead atoms. The van der Waals surface area contributed by atoms with Crippen LogP contribution in [0.4, 0.5) is 0 Å². The Morgan fingerprint density at radius 1 is 1.17 bits per heavy atom. The minimum absolute atomic E-state index is 0.0467. The molecule has 5 heteroatoms. The van der Waals surface area contributed by atoms with Crippen LogP contribution < -0.4 is 9.47 Å². The van der Waals surface area contributed by atoms with Gasteiger partial charge in [-0.1, -0.05) is 29.8 Å². The molecule has 0 aliphatic carbocycles. The lowest BCUT2D eigenvalue weighted by atomic mass is 10.1. The first-order valence-electron chi connectivity index (χ1n) is 7.58. The van der Waals surface area contributed by atoms with Crippen LogP contribution in [-0.2, 0) is 6.42 Å². The van der Waals surface area contributed by atoms with Gasteiger partial charge in [0.1, 0.15) is 0 Å². The summed E-state index contributed by atoms with van der Waals surface area (Å²) in [5.41, 5.74) is 1.52. The molecule has 0 saturated carbocycles. The first-order chi connectivity index (χ1) is 11.5. The lowest BCUT2D eigenvalue weighted by molar-refractivity contribution is 0.107. The second-order valence-electron chi connectivity index (χ2n) is 5.36. The molecule has 0 aromatic heterocycles. The third kappa shape index (κ3) is 4.59. The number of carbonyl (C=O) groups is 1. The largest absolute Gasteiger partial charge is 0.493 e. The van der Waals surface area contributed by atoms with Gasteiger partial charge in [-0.2, -0.15) is 0 Å². The highest BCUT2D eigenvalue weighted by molar-refractivity contribution is 6.42. The van der Waals surface area contributed by atoms with E-state index in [1.807, 2.05) is 25.1 Å². The fourth-order valence-electron chi connectivity index (χ4n) is 2.33. The highest BCUT2D eigenvalue weighted by atomic mass is 35.5. The Labute approximate surface area is 147 Å². The highest BCUT2D eigenvalue weighted by Gasteiger charge is 2.09. The van der Waals surface area contributed by atoms with E-state index in [0.29, 0.717) is 28.5 Å². The Balaban J connectivity index is 2.04. The van der Waals surface area contributed by atoms with Crippen molar-refractivity contribution in [2.75, 3.05) is 14.2 Å². The molecular formula is C19H20ClNO3. The fourth-order valence-corrected chi connectivity index (χ4v) is 2.56. The van der Waals surface area contributed by atoms with E-state index >= 15 is 0 Å². The second-order valence-corrected chi connectivity index (χ2v) is 5.77. The van der Waals surface area contributed by atoms with Gasteiger partial charge < -0.3 is 9.47 Å². The van der Waals surface area contributed by atoms with Crippen LogP contribution in [0.5, 0.6) is 11.5 Å². The van der Waals surface area contributed by atoms with Crippen molar-refractivity contribution in [3.63, 3.8) is 0 Å². The van der Waals surface area contributed by atoms with Gasteiger partial charge in [0.2, 0.25) is 5.78 Å². The average Bonchev–Trinajstić information content (AvgIpc) is 2.60. The van der Waals surface area contributed by atoms with E-state index in [9.17, 15) is 4.79 Å². The van der Waals surface area contributed by atoms with Crippen molar-refractivity contribution in [1.82, 2.24) is 0 Å². The Kier molecular flexibility index (Phi) is 6.38. The van der Waals surface area contributed by atoms with Crippen molar-refractivity contribution >= 4 is 23.6 Å². The first kappa shape index (κ1) is 18.0. The normalized spacial score (nSPS) is 12.2. The van der Waals surface area contributed by atoms with Crippen molar-refractivity contribution in [2.24, 2.45) is 4.99 Å². The summed E-state index contributed by atoms with van der Waals surface area (Å²) in [5.74, 6) is 1.17. The van der Waals surface area contributed by atoms with Crippen molar-refractivity contribution in [1.29, 1.82) is 0 Å². The van der Waals surface area contributed by atoms with Crippen LogP contribution in [0.2, 0.25) is 5.02 Å². The SMILES string of the molecule is COc1ccc(CC(C)/N=C\C(=O)c2ccccc2Cl)cc1OC. The predicted octanol–water partition coefficient (Wildman–Crippen LogP) is 4.24. The number of hydrogen-bond acceptors (Lipinski definition) is 4. The van der Waals surface area contributed by atoms with Gasteiger partial charge in [-0.3, -0.25) is 9.79 Å². The van der Waals surface area contributed by atoms with E-state index in [1.165, 1.54) is 6.21 Å². The fraction of sp³-hybridized carbons (Fsp3) is 0.263. The Hall–Kier alpha value is -2.33. The predicted molar refractivity (Wildman–Crippen MR) is 97.0 cm³/mol. The van der Waals surface area contributed by atoms with Crippen molar-refractivity contribution in [3.8, 4) is 11.5 Å². The summed E-state index contributed by atoms with van der Waals surface area (Å²) in [5, 5.41) is 0.432. The molecule has 0 aliphatic rings. The zero-order chi connectivity index (χ0) is 17.5. The molecule has 0 saturated heterocycles. The zero-order valence-electron chi connectivity index (χ0n) is 14.0. The number of benzene rings is 2. The molecule has 0 heterocycles. The third-order valence-electron chi connectivity index (χ3n) is 3.56. The van der Waals surface area contributed by atoms with Crippen molar-refractivity contribution in [3.05, 3.63) is 58.6 Å². The number of ketones is 1. The minimum Gasteiger partial charge on any atom is -0.493 e. The molecule has 126 valence electrons. The smallest absolute Gasteiger partial charge is 0.205 e. The molecule has 1 atom stereocenters. The molecule has 0 fully saturated rings. The van der Waals surface area contributed by atoms with Crippen LogP contribution in [0.15, 0.2) is 47.5 Å². The van der Waals surface area contributed by atoms with Gasteiger partial charge in [0.15, 0.2) is 11.5 Å². The van der Waals surface area contributed by atoms with Gasteiger partial charge in [-0.25, -0.2) is 0 Å². The van der Waals surface area contributed by atoms with Gasteiger partial charge in [0.05, 0.1) is 31.5 Å². The van der Waals surface area contributed by atoms with E-state index in [1.54, 1.807) is 38.5 Å². The topological polar surface area (TPSA) is 47.9 Å². The van der Waals surface area contributed by atoms with E-state index in [2.05, 4.69) is 4.99 Å². The molecular weight excluding hydrogens is 326 g/mol. The Morgan fingerprint density at radius 3 is 2.54 bits per heavy atom. The summed E-state index contributed by atoms with van der Waals surface area (Å²) >= 11 is 6.02. The van der Waals surface area contributed by atoms with Gasteiger partial charge >= 0.3 is 0 Å². The number of aliphatic imine (C=N–C) groups is 1. The maximum absolute atomic E-state index is 12.1. The molecule has 0 radical (unpaired) electrons. The number of Topliss-reactive ketones (excluding diaryl/α,β-unsaturated/α-hetero) is 1. The molecule has 0 aliphatic heterocycles. The molecule has 0 amide bonds. The second kappa shape index (κ2) is 8.50. The molecule has 2 aromatic carbocycles. The van der Waals surface area contributed by atoms with Gasteiger partial charge in [0, 0.05) is 5.56 Å². The van der Waals surface area contributed by atoms with Crippen LogP contribution in [0.1, 0.15) is 22.8 Å². The van der Waals surface area contributed by atoms with Crippen molar-refractivity contribution < 1.29 is 14.3 Å². The monoisotopic (exact) mass is 345 g/mol. The molecule has 0 spiro atoms.